The molecule has 2 nitrogen and oxygen atoms in total. The van der Waals surface area contributed by atoms with Crippen LogP contribution in [0.3, 0.4) is 0 Å². The lowest BCUT2D eigenvalue weighted by molar-refractivity contribution is 0.593. The molecule has 0 saturated heterocycles. The molecule has 0 heterocycles. The van der Waals surface area contributed by atoms with Crippen LogP contribution in [0.1, 0.15) is 20.8 Å². The zero-order valence-corrected chi connectivity index (χ0v) is 13.2. The Bertz CT molecular complexity index is 173. The molecule has 0 aliphatic carbocycles. The fourth-order valence-corrected chi connectivity index (χ4v) is 12.7. The minimum absolute atomic E-state index is 0.599. The lowest BCUT2D eigenvalue weighted by atomic mass is 10.4. The Morgan fingerprint density at radius 1 is 1.07 bits per heavy atom. The van der Waals surface area contributed by atoms with Crippen LogP contribution in [0.5, 0.6) is 0 Å². The molecule has 0 aromatic carbocycles. The molecule has 0 amide bonds. The van der Waals surface area contributed by atoms with Gasteiger partial charge in [0.2, 0.25) is 0 Å². The first kappa shape index (κ1) is 14.4. The highest BCUT2D eigenvalue weighted by atomic mass is 28.4. The van der Waals surface area contributed by atoms with Gasteiger partial charge in [0, 0.05) is 0 Å². The third-order valence-corrected chi connectivity index (χ3v) is 11.0. The fourth-order valence-electron chi connectivity index (χ4n) is 2.49. The van der Waals surface area contributed by atoms with Crippen molar-refractivity contribution in [2.24, 2.45) is 0 Å². The zero-order valence-electron chi connectivity index (χ0n) is 11.2. The summed E-state index contributed by atoms with van der Waals surface area (Å²) in [5, 5.41) is 0. The predicted octanol–water partition coefficient (Wildman–Crippen LogP) is 2.84. The lowest BCUT2D eigenvalue weighted by Crippen LogP contribution is -2.68. The number of nitrogens with one attached hydrogen (secondary N) is 1. The number of hydrogen-bond acceptors (Lipinski definition) is 2. The monoisotopic (exact) mass is 232 g/mol. The summed E-state index contributed by atoms with van der Waals surface area (Å²) in [7, 11) is -2.54. The Morgan fingerprint density at radius 3 is 1.71 bits per heavy atom. The second-order valence-corrected chi connectivity index (χ2v) is 15.0. The summed E-state index contributed by atoms with van der Waals surface area (Å²) < 4.78 is 2.76. The van der Waals surface area contributed by atoms with E-state index in [1.165, 1.54) is 6.54 Å². The van der Waals surface area contributed by atoms with E-state index in [0.717, 1.165) is 0 Å². The molecule has 0 saturated carbocycles. The molecule has 1 N–H and O–H groups in total. The van der Waals surface area contributed by atoms with Gasteiger partial charge in [0.25, 0.3) is 0 Å². The molecule has 0 aromatic rings. The van der Waals surface area contributed by atoms with Crippen LogP contribution in [0.4, 0.5) is 0 Å². The molecular weight excluding hydrogens is 204 g/mol. The summed E-state index contributed by atoms with van der Waals surface area (Å²) in [6, 6.07) is 0.599. The van der Waals surface area contributed by atoms with Crippen LogP contribution >= 0.6 is 0 Å². The van der Waals surface area contributed by atoms with Crippen LogP contribution in [0, 0.1) is 0 Å². The van der Waals surface area contributed by atoms with E-state index in [1.54, 1.807) is 0 Å². The van der Waals surface area contributed by atoms with E-state index in [4.69, 9.17) is 0 Å². The molecule has 0 atom stereocenters. The van der Waals surface area contributed by atoms with Crippen molar-refractivity contribution in [3.8, 4) is 0 Å². The normalized spacial score (nSPS) is 14.1. The Morgan fingerprint density at radius 2 is 1.50 bits per heavy atom. The van der Waals surface area contributed by atoms with Crippen molar-refractivity contribution < 1.29 is 0 Å². The molecule has 0 spiro atoms. The Balaban J connectivity index is 4.66. The van der Waals surface area contributed by atoms with E-state index in [9.17, 15) is 0 Å². The highest BCUT2D eigenvalue weighted by Gasteiger charge is 2.37. The smallest absolute Gasteiger partial charge is 0.191 e. The van der Waals surface area contributed by atoms with E-state index < -0.39 is 16.6 Å². The van der Waals surface area contributed by atoms with Gasteiger partial charge < -0.3 is 9.21 Å². The summed E-state index contributed by atoms with van der Waals surface area (Å²) in [6.45, 7) is 20.1. The number of nitrogens with zero attached hydrogens (tertiary/aromatic N) is 1. The molecule has 0 aromatic heterocycles. The second-order valence-electron chi connectivity index (χ2n) is 5.77. The SMILES string of the molecule is CCN([Si](C)(C)C)[Si](C)(C)NC(C)C. The molecule has 0 fully saturated rings. The molecule has 0 aliphatic rings. The predicted molar refractivity (Wildman–Crippen MR) is 71.5 cm³/mol. The maximum Gasteiger partial charge on any atom is 0.191 e. The first-order valence-electron chi connectivity index (χ1n) is 5.66. The second kappa shape index (κ2) is 4.92. The highest BCUT2D eigenvalue weighted by Crippen LogP contribution is 2.17. The molecule has 0 aliphatic heterocycles. The van der Waals surface area contributed by atoms with Crippen LogP contribution in [0.25, 0.3) is 0 Å². The first-order chi connectivity index (χ1) is 6.11. The molecular formula is C10H28N2Si2. The largest absolute Gasteiger partial charge is 0.334 e. The summed E-state index contributed by atoms with van der Waals surface area (Å²) in [4.78, 5) is 3.78. The van der Waals surface area contributed by atoms with Gasteiger partial charge >= 0.3 is 0 Å². The van der Waals surface area contributed by atoms with Crippen LogP contribution in [0.15, 0.2) is 0 Å². The van der Waals surface area contributed by atoms with E-state index in [0.29, 0.717) is 6.04 Å². The van der Waals surface area contributed by atoms with Crippen LogP contribution in [-0.4, -0.2) is 33.5 Å². The summed E-state index contributed by atoms with van der Waals surface area (Å²) in [5.74, 6) is 0. The molecule has 0 bridgehead atoms. The molecule has 14 heavy (non-hydrogen) atoms. The quantitative estimate of drug-likeness (QED) is 0.733. The van der Waals surface area contributed by atoms with Crippen LogP contribution in [0.2, 0.25) is 32.7 Å². The van der Waals surface area contributed by atoms with Gasteiger partial charge in [0.05, 0.1) is 0 Å². The molecule has 0 radical (unpaired) electrons. The first-order valence-corrected chi connectivity index (χ1v) is 12.1. The van der Waals surface area contributed by atoms with Gasteiger partial charge in [0.1, 0.15) is 8.24 Å². The van der Waals surface area contributed by atoms with Crippen molar-refractivity contribution >= 4 is 16.6 Å². The van der Waals surface area contributed by atoms with Crippen molar-refractivity contribution in [3.05, 3.63) is 0 Å². The van der Waals surface area contributed by atoms with Gasteiger partial charge in [-0.3, -0.25) is 0 Å². The van der Waals surface area contributed by atoms with E-state index in [1.807, 2.05) is 0 Å². The third kappa shape index (κ3) is 4.25. The van der Waals surface area contributed by atoms with Gasteiger partial charge in [-0.25, -0.2) is 0 Å². The van der Waals surface area contributed by atoms with Crippen molar-refractivity contribution in [1.29, 1.82) is 0 Å². The van der Waals surface area contributed by atoms with Gasteiger partial charge in [-0.1, -0.05) is 40.4 Å². The fraction of sp³-hybridized carbons (Fsp3) is 1.00. The van der Waals surface area contributed by atoms with Gasteiger partial charge in [0.15, 0.2) is 8.40 Å². The average Bonchev–Trinajstić information content (AvgIpc) is 1.79. The lowest BCUT2D eigenvalue weighted by Gasteiger charge is -2.45. The minimum Gasteiger partial charge on any atom is -0.334 e. The molecule has 86 valence electrons. The zero-order chi connectivity index (χ0) is 11.6. The van der Waals surface area contributed by atoms with Gasteiger partial charge in [-0.15, -0.1) is 0 Å². The molecule has 0 rings (SSSR count). The van der Waals surface area contributed by atoms with Crippen LogP contribution in [-0.2, 0) is 0 Å². The number of hydrogen-bond donors (Lipinski definition) is 1. The minimum atomic E-state index is -1.39. The molecule has 4 heteroatoms. The Kier molecular flexibility index (Phi) is 5.04. The Hall–Kier alpha value is 0.354. The maximum atomic E-state index is 3.78. The maximum absolute atomic E-state index is 3.78. The average molecular weight is 233 g/mol. The van der Waals surface area contributed by atoms with Crippen LogP contribution < -0.4 is 4.98 Å². The summed E-state index contributed by atoms with van der Waals surface area (Å²) >= 11 is 0. The summed E-state index contributed by atoms with van der Waals surface area (Å²) in [6.07, 6.45) is 0. The van der Waals surface area contributed by atoms with Crippen molar-refractivity contribution in [2.45, 2.75) is 59.5 Å². The van der Waals surface area contributed by atoms with Crippen molar-refractivity contribution in [3.63, 3.8) is 0 Å². The van der Waals surface area contributed by atoms with Gasteiger partial charge in [-0.2, -0.15) is 0 Å². The topological polar surface area (TPSA) is 15.3 Å². The van der Waals surface area contributed by atoms with E-state index >= 15 is 0 Å². The van der Waals surface area contributed by atoms with Crippen molar-refractivity contribution in [1.82, 2.24) is 9.21 Å². The molecule has 0 unspecified atom stereocenters. The van der Waals surface area contributed by atoms with E-state index in [-0.39, 0.29) is 0 Å². The van der Waals surface area contributed by atoms with E-state index in [2.05, 4.69) is 62.7 Å². The third-order valence-electron chi connectivity index (χ3n) is 2.44. The van der Waals surface area contributed by atoms with Gasteiger partial charge in [-0.05, 0) is 25.7 Å². The van der Waals surface area contributed by atoms with Crippen molar-refractivity contribution in [2.75, 3.05) is 6.54 Å². The Labute approximate surface area is 92.3 Å². The summed E-state index contributed by atoms with van der Waals surface area (Å²) in [5.41, 5.74) is 0. The highest BCUT2D eigenvalue weighted by molar-refractivity contribution is 6.89. The standard InChI is InChI=1S/C10H28N2Si2/c1-9-12(13(4,5)6)14(7,8)11-10(2)3/h10-11H,9H2,1-8H3. The number of rotatable bonds is 5.